The van der Waals surface area contributed by atoms with E-state index >= 15 is 0 Å². The average molecular weight is 1840 g/mol. The molecule has 3 aliphatic heterocycles. The Balaban J connectivity index is 0.000000105. The lowest BCUT2D eigenvalue weighted by molar-refractivity contribution is 0.438. The summed E-state index contributed by atoms with van der Waals surface area (Å²) in [6, 6.07) is 175. The van der Waals surface area contributed by atoms with Gasteiger partial charge in [-0.1, -0.05) is 419 Å². The largest absolute Gasteiger partial charge is 0.456 e. The van der Waals surface area contributed by atoms with E-state index in [0.717, 1.165) is 179 Å². The van der Waals surface area contributed by atoms with Crippen molar-refractivity contribution in [3.05, 3.63) is 564 Å². The summed E-state index contributed by atoms with van der Waals surface area (Å²) in [5.74, 6) is 6.61. The van der Waals surface area contributed by atoms with Gasteiger partial charge in [0, 0.05) is 99.4 Å². The van der Waals surface area contributed by atoms with Crippen LogP contribution in [0.1, 0.15) is 72.3 Å². The lowest BCUT2D eigenvalue weighted by Crippen LogP contribution is -2.32. The summed E-state index contributed by atoms with van der Waals surface area (Å²) >= 11 is 0. The van der Waals surface area contributed by atoms with Crippen LogP contribution in [0, 0.1) is 11.3 Å². The van der Waals surface area contributed by atoms with Crippen LogP contribution in [0.3, 0.4) is 0 Å². The number of aromatic nitrogens is 6. The van der Waals surface area contributed by atoms with Crippen molar-refractivity contribution in [3.8, 4) is 164 Å². The fourth-order valence-electron chi connectivity index (χ4n) is 23.8. The van der Waals surface area contributed by atoms with Crippen molar-refractivity contribution >= 4 is 43.6 Å². The maximum atomic E-state index is 9.26. The number of nitriles is 1. The van der Waals surface area contributed by atoms with Crippen molar-refractivity contribution in [1.82, 2.24) is 29.9 Å². The summed E-state index contributed by atoms with van der Waals surface area (Å²) in [5.41, 5.74) is 38.4. The van der Waals surface area contributed by atoms with E-state index < -0.39 is 16.2 Å². The molecule has 0 saturated carbocycles. The van der Waals surface area contributed by atoms with Crippen molar-refractivity contribution in [1.29, 1.82) is 5.26 Å². The molecule has 0 radical (unpaired) electrons. The SMILES string of the molecule is N#Cc1ccc(-c2ccc3ccc4ccc(-c5cccc6c5Oc5ccccc5C65c6ccccc6-c6ccccc65)nc4c3n2)cc1.c1ccc(-c2nc(-c3cccc(-c4cccc5c4Oc4ccccc4C54c5ccccc5-c5ccccc54)c3)c3ccccc3n2)cc1.c1ccc(-c2nc(-c3cccc(-c4cccc5c4Oc4ccccc4C54c5ccccc5-c5ccccc54)c3)nc3ccccc23)cc1. The zero-order valence-electron chi connectivity index (χ0n) is 77.6. The summed E-state index contributed by atoms with van der Waals surface area (Å²) in [6.07, 6.45) is 0. The molecule has 6 aliphatic rings. The van der Waals surface area contributed by atoms with Crippen LogP contribution in [0.25, 0.3) is 167 Å². The maximum absolute atomic E-state index is 9.26. The molecule has 0 bridgehead atoms. The van der Waals surface area contributed by atoms with Crippen molar-refractivity contribution < 1.29 is 14.2 Å². The van der Waals surface area contributed by atoms with Crippen LogP contribution >= 0.6 is 0 Å². The van der Waals surface area contributed by atoms with Gasteiger partial charge in [0.05, 0.1) is 72.7 Å². The molecular formula is C134H81N7O3. The predicted molar refractivity (Wildman–Crippen MR) is 576 cm³/mol. The Morgan fingerprint density at radius 2 is 0.493 bits per heavy atom. The number of rotatable bonds is 8. The van der Waals surface area contributed by atoms with Crippen molar-refractivity contribution in [3.63, 3.8) is 0 Å². The molecular weight excluding hydrogens is 1760 g/mol. The molecule has 24 aromatic rings. The molecule has 10 heteroatoms. The van der Waals surface area contributed by atoms with Gasteiger partial charge in [-0.25, -0.2) is 29.9 Å². The second-order valence-electron chi connectivity index (χ2n) is 37.4. The van der Waals surface area contributed by atoms with E-state index in [-0.39, 0.29) is 0 Å². The zero-order chi connectivity index (χ0) is 95.1. The topological polar surface area (TPSA) is 129 Å². The van der Waals surface area contributed by atoms with Crippen LogP contribution < -0.4 is 14.2 Å². The molecule has 30 rings (SSSR count). The van der Waals surface area contributed by atoms with Gasteiger partial charge in [0.25, 0.3) is 0 Å². The molecule has 0 amide bonds. The van der Waals surface area contributed by atoms with Gasteiger partial charge in [-0.3, -0.25) is 0 Å². The molecule has 7 heterocycles. The molecule has 20 aromatic carbocycles. The molecule has 0 unspecified atom stereocenters. The van der Waals surface area contributed by atoms with Crippen molar-refractivity contribution in [2.45, 2.75) is 16.2 Å². The van der Waals surface area contributed by atoms with Gasteiger partial charge in [0.2, 0.25) is 0 Å². The Morgan fingerprint density at radius 1 is 0.194 bits per heavy atom. The molecule has 10 nitrogen and oxygen atoms in total. The smallest absolute Gasteiger partial charge is 0.160 e. The number of hydrogen-bond donors (Lipinski definition) is 0. The van der Waals surface area contributed by atoms with E-state index in [1.54, 1.807) is 0 Å². The van der Waals surface area contributed by atoms with Crippen molar-refractivity contribution in [2.24, 2.45) is 0 Å². The van der Waals surface area contributed by atoms with E-state index in [9.17, 15) is 5.26 Å². The number of pyridine rings is 2. The first-order chi connectivity index (χ1) is 71.3. The molecule has 670 valence electrons. The summed E-state index contributed by atoms with van der Waals surface area (Å²) in [6.45, 7) is 0. The van der Waals surface area contributed by atoms with Crippen LogP contribution in [0.4, 0.5) is 0 Å². The van der Waals surface area contributed by atoms with Crippen LogP contribution in [-0.4, -0.2) is 29.9 Å². The molecule has 0 fully saturated rings. The van der Waals surface area contributed by atoms with E-state index in [2.05, 4.69) is 419 Å². The minimum Gasteiger partial charge on any atom is -0.456 e. The average Bonchev–Trinajstić information content (AvgIpc) is 1.54. The highest BCUT2D eigenvalue weighted by Gasteiger charge is 2.55. The summed E-state index contributed by atoms with van der Waals surface area (Å²) in [4.78, 5) is 30.7. The summed E-state index contributed by atoms with van der Waals surface area (Å²) < 4.78 is 20.8. The molecule has 0 saturated heterocycles. The number of benzene rings is 20. The second-order valence-corrected chi connectivity index (χ2v) is 37.4. The minimum atomic E-state index is -0.533. The summed E-state index contributed by atoms with van der Waals surface area (Å²) in [5, 5.41) is 13.4. The quantitative estimate of drug-likeness (QED) is 0.136. The standard InChI is InChI=1S/2C45H28N2O.C44H25N3O/c1-2-14-29(15-3-1)44-46-40-26-10-6-20-35(40)42(47-44)31-17-12-16-30(28-31)32-21-13-25-39-43(32)48-41-27-11-9-24-38(41)45(39)36-22-7-4-18-33(36)34-19-5-8-23-37(34)45;1-2-14-29(15-3-1)42-35-20-6-10-26-40(35)46-44(47-42)31-17-12-16-30(28-31)32-21-13-25-39-43(32)48-41-27-11-9-24-38(41)45(39)36-22-7-4-18-33(36)34-19-5-8-23-37(34)45;45-26-27-16-18-28(19-17-27)38-24-22-29-20-21-30-23-25-39(47-42(30)41(29)46-38)33-10-7-14-37-43(33)48-40-15-6-5-13-36(40)44(37)34-11-3-1-8-31(34)32-9-2-4-12-35(32)44/h2*1-28H;1-25H. The molecule has 0 N–H and O–H groups in total. The highest BCUT2D eigenvalue weighted by molar-refractivity contribution is 6.06. The predicted octanol–water partition coefficient (Wildman–Crippen LogP) is 32.7. The number of para-hydroxylation sites is 8. The lowest BCUT2D eigenvalue weighted by Gasteiger charge is -2.40. The molecule has 144 heavy (non-hydrogen) atoms. The van der Waals surface area contributed by atoms with Gasteiger partial charge >= 0.3 is 0 Å². The summed E-state index contributed by atoms with van der Waals surface area (Å²) in [7, 11) is 0. The fourth-order valence-corrected chi connectivity index (χ4v) is 23.8. The maximum Gasteiger partial charge on any atom is 0.160 e. The molecule has 3 spiro atoms. The second kappa shape index (κ2) is 33.3. The first-order valence-electron chi connectivity index (χ1n) is 48.7. The van der Waals surface area contributed by atoms with Crippen LogP contribution in [0.5, 0.6) is 34.5 Å². The molecule has 4 aromatic heterocycles. The first kappa shape index (κ1) is 83.0. The first-order valence-corrected chi connectivity index (χ1v) is 48.7. The third-order valence-corrected chi connectivity index (χ3v) is 29.9. The number of nitrogens with zero attached hydrogens (tertiary/aromatic N) is 7. The molecule has 0 atom stereocenters. The van der Waals surface area contributed by atoms with Gasteiger partial charge in [-0.15, -0.1) is 0 Å². The Labute approximate surface area is 831 Å². The van der Waals surface area contributed by atoms with E-state index in [4.69, 9.17) is 44.1 Å². The normalized spacial score (nSPS) is 13.3. The Bertz CT molecular complexity index is 9360. The van der Waals surface area contributed by atoms with Gasteiger partial charge < -0.3 is 14.2 Å². The van der Waals surface area contributed by atoms with Crippen LogP contribution in [0.2, 0.25) is 0 Å². The Morgan fingerprint density at radius 3 is 0.931 bits per heavy atom. The zero-order valence-corrected chi connectivity index (χ0v) is 77.6. The van der Waals surface area contributed by atoms with Gasteiger partial charge in [0.1, 0.15) is 34.5 Å². The van der Waals surface area contributed by atoms with Crippen molar-refractivity contribution in [2.75, 3.05) is 0 Å². The van der Waals surface area contributed by atoms with Gasteiger partial charge in [-0.05, 0) is 151 Å². The third-order valence-electron chi connectivity index (χ3n) is 29.9. The number of fused-ring (bicyclic) bond motifs is 32. The highest BCUT2D eigenvalue weighted by atomic mass is 16.5. The Hall–Kier alpha value is -19.2. The van der Waals surface area contributed by atoms with Crippen LogP contribution in [-0.2, 0) is 16.2 Å². The number of hydrogen-bond acceptors (Lipinski definition) is 10. The molecule has 3 aliphatic carbocycles. The van der Waals surface area contributed by atoms with Gasteiger partial charge in [0.15, 0.2) is 11.6 Å². The highest BCUT2D eigenvalue weighted by Crippen LogP contribution is 2.68. The monoisotopic (exact) mass is 1840 g/mol. The minimum absolute atomic E-state index is 0.502. The van der Waals surface area contributed by atoms with E-state index in [1.165, 1.54) is 77.9 Å². The van der Waals surface area contributed by atoms with Gasteiger partial charge in [-0.2, -0.15) is 5.26 Å². The fraction of sp³-hybridized carbons (Fsp3) is 0.0224. The lowest BCUT2D eigenvalue weighted by atomic mass is 9.65. The number of ether oxygens (including phenoxy) is 3. The third kappa shape index (κ3) is 12.7. The van der Waals surface area contributed by atoms with E-state index in [1.807, 2.05) is 78.9 Å². The van der Waals surface area contributed by atoms with Crippen LogP contribution in [0.15, 0.2) is 491 Å². The Kier molecular flexibility index (Phi) is 19.2. The van der Waals surface area contributed by atoms with E-state index in [0.29, 0.717) is 17.2 Å².